The highest BCUT2D eigenvalue weighted by Crippen LogP contribution is 2.37. The van der Waals surface area contributed by atoms with E-state index in [1.165, 1.54) is 0 Å². The third kappa shape index (κ3) is 2.91. The number of hydrogen-bond donors (Lipinski definition) is 1. The van der Waals surface area contributed by atoms with Crippen molar-refractivity contribution in [1.82, 2.24) is 9.72 Å². The van der Waals surface area contributed by atoms with Gasteiger partial charge in [0.15, 0.2) is 0 Å². The van der Waals surface area contributed by atoms with Crippen molar-refractivity contribution in [2.45, 2.75) is 33.7 Å². The number of fused-ring (bicyclic) bond motifs is 1. The molecule has 3 aromatic rings. The van der Waals surface area contributed by atoms with E-state index in [0.29, 0.717) is 5.69 Å². The van der Waals surface area contributed by atoms with Crippen LogP contribution in [0.1, 0.15) is 31.3 Å². The minimum Gasteiger partial charge on any atom is -0.361 e. The van der Waals surface area contributed by atoms with Gasteiger partial charge in [0.25, 0.3) is 0 Å². The Kier molecular flexibility index (Phi) is 3.91. The Morgan fingerprint density at radius 3 is 2.50 bits per heavy atom. The van der Waals surface area contributed by atoms with Gasteiger partial charge in [-0.3, -0.25) is 4.72 Å². The number of anilines is 1. The molecule has 24 heavy (non-hydrogen) atoms. The molecule has 0 aliphatic carbocycles. The van der Waals surface area contributed by atoms with Gasteiger partial charge in [0, 0.05) is 28.8 Å². The Hall–Kier alpha value is -2.28. The fraction of sp³-hybridized carbons (Fsp3) is 0.353. The molecule has 2 aromatic heterocycles. The minimum absolute atomic E-state index is 0.232. The van der Waals surface area contributed by atoms with Crippen LogP contribution in [0.3, 0.4) is 0 Å². The van der Waals surface area contributed by atoms with E-state index in [-0.39, 0.29) is 6.04 Å². The molecule has 0 saturated carbocycles. The summed E-state index contributed by atoms with van der Waals surface area (Å²) in [7, 11) is -3.31. The number of nitrogens with zero attached hydrogens (tertiary/aromatic N) is 2. The lowest BCUT2D eigenvalue weighted by Gasteiger charge is -2.10. The van der Waals surface area contributed by atoms with Crippen LogP contribution in [-0.2, 0) is 10.0 Å². The zero-order valence-corrected chi connectivity index (χ0v) is 15.2. The molecule has 2 heterocycles. The Labute approximate surface area is 141 Å². The van der Waals surface area contributed by atoms with Crippen molar-refractivity contribution in [3.63, 3.8) is 0 Å². The molecule has 0 amide bonds. The summed E-state index contributed by atoms with van der Waals surface area (Å²) in [5.41, 5.74) is 4.39. The second-order valence-corrected chi connectivity index (χ2v) is 8.10. The lowest BCUT2D eigenvalue weighted by molar-refractivity contribution is 0.393. The molecule has 0 aliphatic rings. The third-order valence-electron chi connectivity index (χ3n) is 4.00. The van der Waals surface area contributed by atoms with Gasteiger partial charge in [-0.15, -0.1) is 0 Å². The quantitative estimate of drug-likeness (QED) is 0.777. The number of hydrogen-bond acceptors (Lipinski definition) is 4. The average Bonchev–Trinajstić information content (AvgIpc) is 2.97. The van der Waals surface area contributed by atoms with Gasteiger partial charge in [0.2, 0.25) is 10.0 Å². The van der Waals surface area contributed by atoms with Crippen LogP contribution in [-0.4, -0.2) is 24.4 Å². The molecule has 0 spiro atoms. The Morgan fingerprint density at radius 1 is 1.25 bits per heavy atom. The SMILES string of the molecule is Cc1noc(C)c1-c1cn(C(C)C)c2cc(NS(C)(=O)=O)ccc12. The first kappa shape index (κ1) is 16.6. The van der Waals surface area contributed by atoms with Crippen molar-refractivity contribution in [3.8, 4) is 11.1 Å². The van der Waals surface area contributed by atoms with Crippen molar-refractivity contribution in [2.75, 3.05) is 11.0 Å². The summed E-state index contributed by atoms with van der Waals surface area (Å²) in [5.74, 6) is 0.772. The van der Waals surface area contributed by atoms with E-state index in [2.05, 4.69) is 34.5 Å². The van der Waals surface area contributed by atoms with Crippen LogP contribution in [0.5, 0.6) is 0 Å². The minimum atomic E-state index is -3.31. The van der Waals surface area contributed by atoms with E-state index >= 15 is 0 Å². The summed E-state index contributed by atoms with van der Waals surface area (Å²) in [6, 6.07) is 5.80. The predicted molar refractivity (Wildman–Crippen MR) is 95.8 cm³/mol. The van der Waals surface area contributed by atoms with Crippen molar-refractivity contribution in [3.05, 3.63) is 35.9 Å². The largest absolute Gasteiger partial charge is 0.361 e. The van der Waals surface area contributed by atoms with Gasteiger partial charge in [-0.2, -0.15) is 0 Å². The second-order valence-electron chi connectivity index (χ2n) is 6.35. The molecule has 0 saturated heterocycles. The molecule has 6 nitrogen and oxygen atoms in total. The van der Waals surface area contributed by atoms with Crippen molar-refractivity contribution in [1.29, 1.82) is 0 Å². The van der Waals surface area contributed by atoms with Gasteiger partial charge in [0.05, 0.1) is 23.2 Å². The van der Waals surface area contributed by atoms with E-state index in [1.54, 1.807) is 6.07 Å². The van der Waals surface area contributed by atoms with E-state index in [9.17, 15) is 8.42 Å². The van der Waals surface area contributed by atoms with Gasteiger partial charge in [-0.05, 0) is 39.8 Å². The molecule has 0 fully saturated rings. The number of sulfonamides is 1. The molecule has 0 radical (unpaired) electrons. The maximum atomic E-state index is 11.5. The summed E-state index contributed by atoms with van der Waals surface area (Å²) >= 11 is 0. The van der Waals surface area contributed by atoms with E-state index in [1.807, 2.05) is 26.0 Å². The maximum Gasteiger partial charge on any atom is 0.229 e. The molecular formula is C17H21N3O3S. The molecule has 1 N–H and O–H groups in total. The van der Waals surface area contributed by atoms with Crippen LogP contribution in [0.2, 0.25) is 0 Å². The molecule has 7 heteroatoms. The fourth-order valence-corrected chi connectivity index (χ4v) is 3.58. The fourth-order valence-electron chi connectivity index (χ4n) is 3.02. The first-order chi connectivity index (χ1) is 11.2. The third-order valence-corrected chi connectivity index (χ3v) is 4.60. The molecule has 0 unspecified atom stereocenters. The number of aryl methyl sites for hydroxylation is 2. The molecule has 1 aromatic carbocycles. The van der Waals surface area contributed by atoms with E-state index in [4.69, 9.17) is 4.52 Å². The summed E-state index contributed by atoms with van der Waals surface area (Å²) < 4.78 is 33.0. The highest BCUT2D eigenvalue weighted by molar-refractivity contribution is 7.92. The first-order valence-electron chi connectivity index (χ1n) is 7.73. The van der Waals surface area contributed by atoms with Crippen LogP contribution in [0.4, 0.5) is 5.69 Å². The number of aromatic nitrogens is 2. The van der Waals surface area contributed by atoms with Crippen LogP contribution in [0.25, 0.3) is 22.0 Å². The number of rotatable bonds is 4. The van der Waals surface area contributed by atoms with Gasteiger partial charge < -0.3 is 9.09 Å². The van der Waals surface area contributed by atoms with Gasteiger partial charge in [-0.25, -0.2) is 8.42 Å². The average molecular weight is 347 g/mol. The van der Waals surface area contributed by atoms with E-state index < -0.39 is 10.0 Å². The Balaban J connectivity index is 2.26. The van der Waals surface area contributed by atoms with Gasteiger partial charge in [-0.1, -0.05) is 11.2 Å². The van der Waals surface area contributed by atoms with Crippen LogP contribution >= 0.6 is 0 Å². The number of benzene rings is 1. The first-order valence-corrected chi connectivity index (χ1v) is 9.62. The van der Waals surface area contributed by atoms with Gasteiger partial charge in [0.1, 0.15) is 5.76 Å². The summed E-state index contributed by atoms with van der Waals surface area (Å²) in [6.45, 7) is 8.00. The maximum absolute atomic E-state index is 11.5. The molecule has 3 rings (SSSR count). The molecule has 0 bridgehead atoms. The molecule has 0 atom stereocenters. The lowest BCUT2D eigenvalue weighted by Crippen LogP contribution is -2.09. The predicted octanol–water partition coefficient (Wildman–Crippen LogP) is 3.87. The van der Waals surface area contributed by atoms with E-state index in [0.717, 1.165) is 39.7 Å². The summed E-state index contributed by atoms with van der Waals surface area (Å²) in [4.78, 5) is 0. The van der Waals surface area contributed by atoms with Crippen LogP contribution in [0.15, 0.2) is 28.9 Å². The standard InChI is InChI=1S/C17H21N3O3S/c1-10(2)20-9-15(17-11(3)18-23-12(17)4)14-7-6-13(8-16(14)20)19-24(5,21)22/h6-10,19H,1-5H3. The van der Waals surface area contributed by atoms with Crippen molar-refractivity contribution in [2.24, 2.45) is 0 Å². The zero-order valence-electron chi connectivity index (χ0n) is 14.4. The topological polar surface area (TPSA) is 77.1 Å². The van der Waals surface area contributed by atoms with Crippen LogP contribution in [0, 0.1) is 13.8 Å². The van der Waals surface area contributed by atoms with Crippen LogP contribution < -0.4 is 4.72 Å². The summed E-state index contributed by atoms with van der Waals surface area (Å²) in [6.07, 6.45) is 3.22. The summed E-state index contributed by atoms with van der Waals surface area (Å²) in [5, 5.41) is 5.08. The Morgan fingerprint density at radius 2 is 1.96 bits per heavy atom. The smallest absolute Gasteiger partial charge is 0.229 e. The lowest BCUT2D eigenvalue weighted by atomic mass is 10.0. The molecule has 0 aliphatic heterocycles. The monoisotopic (exact) mass is 347 g/mol. The van der Waals surface area contributed by atoms with Gasteiger partial charge >= 0.3 is 0 Å². The molecule has 128 valence electrons. The second kappa shape index (κ2) is 5.66. The number of nitrogens with one attached hydrogen (secondary N) is 1. The van der Waals surface area contributed by atoms with Crippen molar-refractivity contribution < 1.29 is 12.9 Å². The highest BCUT2D eigenvalue weighted by Gasteiger charge is 2.19. The molecular weight excluding hydrogens is 326 g/mol. The normalized spacial score (nSPS) is 12.2. The zero-order chi connectivity index (χ0) is 17.6. The highest BCUT2D eigenvalue weighted by atomic mass is 32.2. The van der Waals surface area contributed by atoms with Crippen molar-refractivity contribution >= 4 is 26.6 Å². The Bertz CT molecular complexity index is 994.